The number of likely N-dealkylation sites (tertiary alicyclic amines) is 1. The van der Waals surface area contributed by atoms with Crippen LogP contribution in [-0.4, -0.2) is 29.2 Å². The fraction of sp³-hybridized carbons (Fsp3) is 0.438. The van der Waals surface area contributed by atoms with E-state index >= 15 is 0 Å². The average molecular weight is 308 g/mol. The van der Waals surface area contributed by atoms with Crippen LogP contribution in [0.25, 0.3) is 11.3 Å². The Labute approximate surface area is 131 Å². The molecule has 1 aromatic carbocycles. The second-order valence-corrected chi connectivity index (χ2v) is 5.68. The Morgan fingerprint density at radius 2 is 2.10 bits per heavy atom. The van der Waals surface area contributed by atoms with Crippen molar-refractivity contribution in [1.82, 2.24) is 10.1 Å². The first-order chi connectivity index (χ1) is 9.70. The number of hydrogen-bond acceptors (Lipinski definition) is 4. The van der Waals surface area contributed by atoms with Crippen molar-refractivity contribution in [2.45, 2.75) is 32.4 Å². The molecule has 114 valence electrons. The van der Waals surface area contributed by atoms with E-state index < -0.39 is 0 Å². The van der Waals surface area contributed by atoms with Crippen LogP contribution in [0.4, 0.5) is 0 Å². The maximum atomic E-state index is 6.00. The molecule has 2 N–H and O–H groups in total. The molecule has 21 heavy (non-hydrogen) atoms. The number of rotatable bonds is 3. The molecule has 0 radical (unpaired) electrons. The molecule has 2 heterocycles. The second kappa shape index (κ2) is 7.07. The molecule has 0 spiro atoms. The predicted octanol–water partition coefficient (Wildman–Crippen LogP) is 2.99. The summed E-state index contributed by atoms with van der Waals surface area (Å²) in [6, 6.07) is 10.7. The van der Waals surface area contributed by atoms with Crippen LogP contribution in [0.3, 0.4) is 0 Å². The highest BCUT2D eigenvalue weighted by molar-refractivity contribution is 5.85. The zero-order valence-corrected chi connectivity index (χ0v) is 13.1. The van der Waals surface area contributed by atoms with E-state index in [-0.39, 0.29) is 12.4 Å². The van der Waals surface area contributed by atoms with Gasteiger partial charge >= 0.3 is 0 Å². The smallest absolute Gasteiger partial charge is 0.151 e. The van der Waals surface area contributed by atoms with Gasteiger partial charge in [0.05, 0.1) is 6.54 Å². The van der Waals surface area contributed by atoms with Gasteiger partial charge in [-0.25, -0.2) is 0 Å². The molecular weight excluding hydrogens is 286 g/mol. The van der Waals surface area contributed by atoms with Crippen LogP contribution in [0.1, 0.15) is 24.2 Å². The molecule has 0 amide bonds. The molecule has 0 saturated carbocycles. The van der Waals surface area contributed by atoms with E-state index in [2.05, 4.69) is 41.2 Å². The van der Waals surface area contributed by atoms with Crippen LogP contribution in [0.2, 0.25) is 0 Å². The zero-order chi connectivity index (χ0) is 13.9. The topological polar surface area (TPSA) is 55.3 Å². The van der Waals surface area contributed by atoms with Gasteiger partial charge in [0, 0.05) is 24.2 Å². The standard InChI is InChI=1S/C16H21N3O.ClH/c1-12-4-6-13(7-5-12)16-9-15(20-18-16)11-19-8-2-3-14(17)10-19;/h4-7,9,14H,2-3,8,10-11,17H2,1H3;1H. The SMILES string of the molecule is Cc1ccc(-c2cc(CN3CCCC(N)C3)on2)cc1.Cl. The maximum absolute atomic E-state index is 6.00. The Morgan fingerprint density at radius 1 is 1.33 bits per heavy atom. The Kier molecular flexibility index (Phi) is 5.39. The molecule has 1 aromatic heterocycles. The number of aromatic nitrogens is 1. The molecular formula is C16H22ClN3O. The van der Waals surface area contributed by atoms with Gasteiger partial charge in [0.25, 0.3) is 0 Å². The Morgan fingerprint density at radius 3 is 2.81 bits per heavy atom. The van der Waals surface area contributed by atoms with Crippen molar-refractivity contribution in [3.05, 3.63) is 41.7 Å². The molecule has 1 aliphatic heterocycles. The number of nitrogens with zero attached hydrogens (tertiary/aromatic N) is 2. The third-order valence-corrected chi connectivity index (χ3v) is 3.83. The number of piperidine rings is 1. The fourth-order valence-electron chi connectivity index (χ4n) is 2.70. The second-order valence-electron chi connectivity index (χ2n) is 5.68. The van der Waals surface area contributed by atoms with Crippen molar-refractivity contribution in [1.29, 1.82) is 0 Å². The highest BCUT2D eigenvalue weighted by Crippen LogP contribution is 2.21. The number of halogens is 1. The van der Waals surface area contributed by atoms with Gasteiger partial charge in [-0.3, -0.25) is 4.90 Å². The lowest BCUT2D eigenvalue weighted by Gasteiger charge is -2.29. The van der Waals surface area contributed by atoms with E-state index in [0.717, 1.165) is 43.1 Å². The minimum Gasteiger partial charge on any atom is -0.359 e. The lowest BCUT2D eigenvalue weighted by atomic mass is 10.1. The molecule has 4 nitrogen and oxygen atoms in total. The summed E-state index contributed by atoms with van der Waals surface area (Å²) >= 11 is 0. The lowest BCUT2D eigenvalue weighted by Crippen LogP contribution is -2.42. The largest absolute Gasteiger partial charge is 0.359 e. The molecule has 1 fully saturated rings. The molecule has 0 aliphatic carbocycles. The van der Waals surface area contributed by atoms with Crippen LogP contribution in [-0.2, 0) is 6.54 Å². The first-order valence-electron chi connectivity index (χ1n) is 7.21. The zero-order valence-electron chi connectivity index (χ0n) is 12.3. The Bertz CT molecular complexity index is 567. The molecule has 1 unspecified atom stereocenters. The van der Waals surface area contributed by atoms with Crippen LogP contribution in [0.5, 0.6) is 0 Å². The van der Waals surface area contributed by atoms with Gasteiger partial charge in [-0.15, -0.1) is 12.4 Å². The molecule has 1 aliphatic rings. The van der Waals surface area contributed by atoms with Gasteiger partial charge < -0.3 is 10.3 Å². The summed E-state index contributed by atoms with van der Waals surface area (Å²) in [7, 11) is 0. The van der Waals surface area contributed by atoms with Gasteiger partial charge in [-0.1, -0.05) is 35.0 Å². The maximum Gasteiger partial charge on any atom is 0.151 e. The van der Waals surface area contributed by atoms with Crippen molar-refractivity contribution >= 4 is 12.4 Å². The van der Waals surface area contributed by atoms with Gasteiger partial charge in [-0.2, -0.15) is 0 Å². The van der Waals surface area contributed by atoms with Gasteiger partial charge in [0.2, 0.25) is 0 Å². The highest BCUT2D eigenvalue weighted by atomic mass is 35.5. The van der Waals surface area contributed by atoms with Crippen molar-refractivity contribution in [2.75, 3.05) is 13.1 Å². The minimum atomic E-state index is 0. The number of aryl methyl sites for hydroxylation is 1. The Balaban J connectivity index is 0.00000161. The summed E-state index contributed by atoms with van der Waals surface area (Å²) in [5.74, 6) is 0.912. The molecule has 1 saturated heterocycles. The molecule has 5 heteroatoms. The number of benzene rings is 1. The Hall–Kier alpha value is -1.36. The number of hydrogen-bond donors (Lipinski definition) is 1. The van der Waals surface area contributed by atoms with Crippen LogP contribution >= 0.6 is 12.4 Å². The van der Waals surface area contributed by atoms with Crippen LogP contribution in [0.15, 0.2) is 34.9 Å². The van der Waals surface area contributed by atoms with Gasteiger partial charge in [0.1, 0.15) is 5.69 Å². The summed E-state index contributed by atoms with van der Waals surface area (Å²) < 4.78 is 5.45. The van der Waals surface area contributed by atoms with Crippen molar-refractivity contribution < 1.29 is 4.52 Å². The highest BCUT2D eigenvalue weighted by Gasteiger charge is 2.18. The normalized spacial score (nSPS) is 19.2. The monoisotopic (exact) mass is 307 g/mol. The van der Waals surface area contributed by atoms with E-state index in [4.69, 9.17) is 10.3 Å². The van der Waals surface area contributed by atoms with Crippen molar-refractivity contribution in [3.8, 4) is 11.3 Å². The summed E-state index contributed by atoms with van der Waals surface area (Å²) in [5.41, 5.74) is 9.25. The lowest BCUT2D eigenvalue weighted by molar-refractivity contribution is 0.181. The first-order valence-corrected chi connectivity index (χ1v) is 7.21. The molecule has 1 atom stereocenters. The summed E-state index contributed by atoms with van der Waals surface area (Å²) in [6.07, 6.45) is 2.29. The summed E-state index contributed by atoms with van der Waals surface area (Å²) in [6.45, 7) is 4.92. The van der Waals surface area contributed by atoms with Gasteiger partial charge in [-0.05, 0) is 26.3 Å². The van der Waals surface area contributed by atoms with E-state index in [0.29, 0.717) is 6.04 Å². The first kappa shape index (κ1) is 16.0. The third kappa shape index (κ3) is 4.06. The van der Waals surface area contributed by atoms with E-state index in [1.165, 1.54) is 12.0 Å². The summed E-state index contributed by atoms with van der Waals surface area (Å²) in [4.78, 5) is 2.34. The molecule has 3 rings (SSSR count). The third-order valence-electron chi connectivity index (χ3n) is 3.83. The molecule has 2 aromatic rings. The van der Waals surface area contributed by atoms with Crippen molar-refractivity contribution in [2.24, 2.45) is 5.73 Å². The minimum absolute atomic E-state index is 0. The van der Waals surface area contributed by atoms with Crippen molar-refractivity contribution in [3.63, 3.8) is 0 Å². The van der Waals surface area contributed by atoms with Crippen LogP contribution < -0.4 is 5.73 Å². The predicted molar refractivity (Wildman–Crippen MR) is 86.4 cm³/mol. The van der Waals surface area contributed by atoms with E-state index in [1.54, 1.807) is 0 Å². The van der Waals surface area contributed by atoms with E-state index in [1.807, 2.05) is 6.07 Å². The number of nitrogens with two attached hydrogens (primary N) is 1. The average Bonchev–Trinajstić information content (AvgIpc) is 2.88. The summed E-state index contributed by atoms with van der Waals surface area (Å²) in [5, 5.41) is 4.17. The van der Waals surface area contributed by atoms with E-state index in [9.17, 15) is 0 Å². The van der Waals surface area contributed by atoms with Gasteiger partial charge in [0.15, 0.2) is 5.76 Å². The van der Waals surface area contributed by atoms with Crippen LogP contribution in [0, 0.1) is 6.92 Å². The quantitative estimate of drug-likeness (QED) is 0.947. The molecule has 0 bridgehead atoms. The fourth-order valence-corrected chi connectivity index (χ4v) is 2.70.